The summed E-state index contributed by atoms with van der Waals surface area (Å²) in [5, 5.41) is 2.70. The van der Waals surface area contributed by atoms with E-state index < -0.39 is 0 Å². The molecule has 0 radical (unpaired) electrons. The van der Waals surface area contributed by atoms with Crippen LogP contribution in [0.1, 0.15) is 10.4 Å². The molecule has 1 aromatic heterocycles. The number of nitrogen functional groups attached to an aromatic ring is 1. The van der Waals surface area contributed by atoms with Crippen LogP contribution in [-0.4, -0.2) is 23.1 Å². The Morgan fingerprint density at radius 1 is 1.43 bits per heavy atom. The van der Waals surface area contributed by atoms with E-state index in [0.29, 0.717) is 16.5 Å². The monoisotopic (exact) mass is 338 g/mol. The first-order chi connectivity index (χ1) is 10.1. The Morgan fingerprint density at radius 3 is 3.10 bits per heavy atom. The number of hydrogen-bond acceptors (Lipinski definition) is 4. The van der Waals surface area contributed by atoms with Gasteiger partial charge in [-0.3, -0.25) is 4.79 Å². The lowest BCUT2D eigenvalue weighted by molar-refractivity contribution is -0.129. The number of hydrogen-bond donors (Lipinski definition) is 1. The van der Waals surface area contributed by atoms with Gasteiger partial charge in [0, 0.05) is 28.5 Å². The molecule has 0 spiro atoms. The van der Waals surface area contributed by atoms with Crippen molar-refractivity contribution in [1.82, 2.24) is 4.90 Å². The van der Waals surface area contributed by atoms with Crippen LogP contribution in [0.5, 0.6) is 0 Å². The van der Waals surface area contributed by atoms with Crippen molar-refractivity contribution in [1.29, 1.82) is 0 Å². The van der Waals surface area contributed by atoms with Gasteiger partial charge in [-0.15, -0.1) is 23.1 Å². The minimum absolute atomic E-state index is 0.135. The normalized spacial score (nSPS) is 14.0. The second kappa shape index (κ2) is 6.30. The fourth-order valence-corrected chi connectivity index (χ4v) is 4.49. The third-order valence-corrected chi connectivity index (χ3v) is 6.08. The predicted octanol–water partition coefficient (Wildman–Crippen LogP) is 3.66. The second-order valence-corrected chi connectivity index (χ2v) is 7.27. The largest absolute Gasteiger partial charge is 0.398 e. The number of thiophene rings is 1. The summed E-state index contributed by atoms with van der Waals surface area (Å²) in [5.41, 5.74) is 7.81. The summed E-state index contributed by atoms with van der Waals surface area (Å²) in [6.45, 7) is 1.52. The molecule has 0 atom stereocenters. The molecule has 21 heavy (non-hydrogen) atoms. The van der Waals surface area contributed by atoms with Gasteiger partial charge in [0.15, 0.2) is 0 Å². The number of fused-ring (bicyclic) bond motifs is 1. The van der Waals surface area contributed by atoms with Crippen LogP contribution < -0.4 is 5.73 Å². The van der Waals surface area contributed by atoms with Crippen LogP contribution in [0.2, 0.25) is 5.02 Å². The van der Waals surface area contributed by atoms with Crippen molar-refractivity contribution >= 4 is 46.3 Å². The van der Waals surface area contributed by atoms with E-state index in [1.807, 2.05) is 11.0 Å². The number of rotatable bonds is 3. The lowest BCUT2D eigenvalue weighted by Gasteiger charge is -2.27. The van der Waals surface area contributed by atoms with E-state index in [9.17, 15) is 4.79 Å². The minimum Gasteiger partial charge on any atom is -0.398 e. The molecule has 3 rings (SSSR count). The van der Waals surface area contributed by atoms with E-state index in [1.54, 1.807) is 23.5 Å². The topological polar surface area (TPSA) is 46.3 Å². The Balaban J connectivity index is 1.63. The van der Waals surface area contributed by atoms with E-state index in [1.165, 1.54) is 22.2 Å². The predicted molar refractivity (Wildman–Crippen MR) is 90.0 cm³/mol. The summed E-state index contributed by atoms with van der Waals surface area (Å²) in [5.74, 6) is 0.504. The molecule has 0 bridgehead atoms. The van der Waals surface area contributed by atoms with Crippen LogP contribution >= 0.6 is 34.7 Å². The lowest BCUT2D eigenvalue weighted by Crippen LogP contribution is -2.36. The Hall–Kier alpha value is -1.17. The molecular formula is C15H15ClN2OS2. The molecular weight excluding hydrogens is 324 g/mol. The van der Waals surface area contributed by atoms with Gasteiger partial charge in [0.1, 0.15) is 0 Å². The molecule has 0 saturated carbocycles. The van der Waals surface area contributed by atoms with Gasteiger partial charge in [0.25, 0.3) is 0 Å². The maximum atomic E-state index is 12.4. The van der Waals surface area contributed by atoms with Crippen molar-refractivity contribution in [3.05, 3.63) is 45.1 Å². The van der Waals surface area contributed by atoms with E-state index in [4.69, 9.17) is 17.3 Å². The van der Waals surface area contributed by atoms with Gasteiger partial charge in [-0.1, -0.05) is 17.7 Å². The average Bonchev–Trinajstić information content (AvgIpc) is 2.93. The highest BCUT2D eigenvalue weighted by Gasteiger charge is 2.21. The summed E-state index contributed by atoms with van der Waals surface area (Å²) in [4.78, 5) is 16.5. The smallest absolute Gasteiger partial charge is 0.233 e. The van der Waals surface area contributed by atoms with Crippen molar-refractivity contribution < 1.29 is 4.79 Å². The first kappa shape index (κ1) is 14.8. The maximum absolute atomic E-state index is 12.4. The number of halogens is 1. The van der Waals surface area contributed by atoms with Crippen molar-refractivity contribution in [3.8, 4) is 0 Å². The third-order valence-electron chi connectivity index (χ3n) is 3.50. The molecule has 0 aliphatic carbocycles. The minimum atomic E-state index is 0.135. The molecule has 110 valence electrons. The highest BCUT2D eigenvalue weighted by molar-refractivity contribution is 8.00. The molecule has 1 aliphatic heterocycles. The number of thioether (sulfide) groups is 1. The number of carbonyl (C=O) groups excluding carboxylic acids is 1. The molecule has 3 nitrogen and oxygen atoms in total. The van der Waals surface area contributed by atoms with Crippen LogP contribution in [0.3, 0.4) is 0 Å². The lowest BCUT2D eigenvalue weighted by atomic mass is 10.1. The molecule has 2 N–H and O–H groups in total. The summed E-state index contributed by atoms with van der Waals surface area (Å²) >= 11 is 9.32. The number of carbonyl (C=O) groups is 1. The van der Waals surface area contributed by atoms with E-state index in [-0.39, 0.29) is 5.91 Å². The summed E-state index contributed by atoms with van der Waals surface area (Å²) < 4.78 is 0. The molecule has 1 amide bonds. The number of amides is 1. The fraction of sp³-hybridized carbons (Fsp3) is 0.267. The fourth-order valence-electron chi connectivity index (χ4n) is 2.36. The van der Waals surface area contributed by atoms with Crippen molar-refractivity contribution in [2.75, 3.05) is 18.0 Å². The Labute approximate surface area is 137 Å². The molecule has 0 unspecified atom stereocenters. The summed E-state index contributed by atoms with van der Waals surface area (Å²) in [6.07, 6.45) is 0.956. The number of anilines is 1. The van der Waals surface area contributed by atoms with Gasteiger partial charge < -0.3 is 10.6 Å². The van der Waals surface area contributed by atoms with Crippen LogP contribution in [-0.2, 0) is 17.8 Å². The Bertz CT molecular complexity index is 651. The van der Waals surface area contributed by atoms with Crippen LogP contribution in [0, 0.1) is 0 Å². The van der Waals surface area contributed by atoms with Gasteiger partial charge in [-0.2, -0.15) is 0 Å². The van der Waals surface area contributed by atoms with Gasteiger partial charge >= 0.3 is 0 Å². The quantitative estimate of drug-likeness (QED) is 0.686. The number of benzene rings is 1. The first-order valence-corrected chi connectivity index (χ1v) is 8.89. The Kier molecular flexibility index (Phi) is 4.42. The molecule has 6 heteroatoms. The van der Waals surface area contributed by atoms with Gasteiger partial charge in [-0.25, -0.2) is 0 Å². The molecule has 2 aromatic rings. The zero-order chi connectivity index (χ0) is 14.8. The first-order valence-electron chi connectivity index (χ1n) is 6.65. The highest BCUT2D eigenvalue weighted by atomic mass is 35.5. The zero-order valence-electron chi connectivity index (χ0n) is 11.3. The van der Waals surface area contributed by atoms with E-state index in [2.05, 4.69) is 11.4 Å². The average molecular weight is 339 g/mol. The number of nitrogens with zero attached hydrogens (tertiary/aromatic N) is 1. The SMILES string of the molecule is Nc1cccc(Cl)c1SCC(=O)N1CCc2sccc2C1. The zero-order valence-corrected chi connectivity index (χ0v) is 13.7. The van der Waals surface area contributed by atoms with Crippen molar-refractivity contribution in [3.63, 3.8) is 0 Å². The van der Waals surface area contributed by atoms with Crippen LogP contribution in [0.4, 0.5) is 5.69 Å². The molecule has 2 heterocycles. The van der Waals surface area contributed by atoms with Gasteiger partial charge in [0.05, 0.1) is 10.8 Å². The highest BCUT2D eigenvalue weighted by Crippen LogP contribution is 2.33. The van der Waals surface area contributed by atoms with E-state index >= 15 is 0 Å². The number of nitrogens with two attached hydrogens (primary N) is 1. The van der Waals surface area contributed by atoms with Gasteiger partial charge in [0.2, 0.25) is 5.91 Å². The second-order valence-electron chi connectivity index (χ2n) is 4.88. The van der Waals surface area contributed by atoms with Crippen molar-refractivity contribution in [2.45, 2.75) is 17.9 Å². The Morgan fingerprint density at radius 2 is 2.29 bits per heavy atom. The summed E-state index contributed by atoms with van der Waals surface area (Å²) in [7, 11) is 0. The summed E-state index contributed by atoms with van der Waals surface area (Å²) in [6, 6.07) is 7.52. The van der Waals surface area contributed by atoms with E-state index in [0.717, 1.165) is 24.4 Å². The molecule has 0 fully saturated rings. The van der Waals surface area contributed by atoms with Crippen LogP contribution in [0.25, 0.3) is 0 Å². The maximum Gasteiger partial charge on any atom is 0.233 e. The molecule has 1 aromatic carbocycles. The van der Waals surface area contributed by atoms with Gasteiger partial charge in [-0.05, 0) is 35.6 Å². The van der Waals surface area contributed by atoms with Crippen molar-refractivity contribution in [2.24, 2.45) is 0 Å². The molecule has 0 saturated heterocycles. The molecule has 1 aliphatic rings. The van der Waals surface area contributed by atoms with Crippen LogP contribution in [0.15, 0.2) is 34.5 Å². The standard InChI is InChI=1S/C15H15ClN2OS2/c16-11-2-1-3-12(17)15(11)21-9-14(19)18-6-4-13-10(8-18)5-7-20-13/h1-3,5,7H,4,6,8-9,17H2. The third kappa shape index (κ3) is 3.20.